The number of aromatic nitrogens is 3. The molecule has 0 saturated carbocycles. The van der Waals surface area contributed by atoms with E-state index in [2.05, 4.69) is 5.32 Å². The number of fused-ring (bicyclic) bond motifs is 1. The van der Waals surface area contributed by atoms with Crippen LogP contribution in [0.3, 0.4) is 0 Å². The lowest BCUT2D eigenvalue weighted by Crippen LogP contribution is -2.37. The molecule has 0 aliphatic carbocycles. The molecule has 3 rings (SSSR count). The summed E-state index contributed by atoms with van der Waals surface area (Å²) in [4.78, 5) is 36.8. The van der Waals surface area contributed by atoms with Crippen molar-refractivity contribution >= 4 is 34.2 Å². The van der Waals surface area contributed by atoms with Gasteiger partial charge in [0.25, 0.3) is 5.56 Å². The third kappa shape index (κ3) is 2.99. The number of benzene rings is 1. The maximum absolute atomic E-state index is 12.4. The molecule has 1 amide bonds. The van der Waals surface area contributed by atoms with Crippen LogP contribution in [0.4, 0.5) is 5.69 Å². The van der Waals surface area contributed by atoms with Crippen LogP contribution in [-0.2, 0) is 25.4 Å². The summed E-state index contributed by atoms with van der Waals surface area (Å²) in [6.45, 7) is -0.0837. The Morgan fingerprint density at radius 2 is 1.92 bits per heavy atom. The number of hydrogen-bond acceptors (Lipinski definition) is 4. The van der Waals surface area contributed by atoms with Crippen molar-refractivity contribution in [2.75, 3.05) is 12.4 Å². The van der Waals surface area contributed by atoms with Crippen LogP contribution in [0.25, 0.3) is 11.0 Å². The van der Waals surface area contributed by atoms with E-state index in [0.29, 0.717) is 27.5 Å². The molecule has 1 aromatic carbocycles. The van der Waals surface area contributed by atoms with Crippen molar-refractivity contribution < 1.29 is 9.53 Å². The normalized spacial score (nSPS) is 10.9. The van der Waals surface area contributed by atoms with Gasteiger partial charge in [-0.3, -0.25) is 18.7 Å². The molecule has 0 bridgehead atoms. The number of amides is 1. The molecule has 0 aliphatic heterocycles. The third-order valence-electron chi connectivity index (χ3n) is 4.11. The SMILES string of the molecule is COc1ccc(Cl)cc1NC(=O)Cn1ccc2c(=O)n(C)c(=O)n(C)c21. The Morgan fingerprint density at radius 1 is 1.19 bits per heavy atom. The van der Waals surface area contributed by atoms with Crippen LogP contribution in [0.1, 0.15) is 0 Å². The molecule has 3 aromatic rings. The molecule has 9 heteroatoms. The van der Waals surface area contributed by atoms with Gasteiger partial charge < -0.3 is 14.6 Å². The van der Waals surface area contributed by atoms with E-state index in [1.807, 2.05) is 0 Å². The van der Waals surface area contributed by atoms with E-state index < -0.39 is 11.2 Å². The molecule has 0 atom stereocenters. The first kappa shape index (κ1) is 17.8. The Hall–Kier alpha value is -3.00. The van der Waals surface area contributed by atoms with E-state index in [4.69, 9.17) is 16.3 Å². The van der Waals surface area contributed by atoms with Crippen molar-refractivity contribution in [3.8, 4) is 5.75 Å². The maximum atomic E-state index is 12.4. The monoisotopic (exact) mass is 376 g/mol. The van der Waals surface area contributed by atoms with Gasteiger partial charge in [0.15, 0.2) is 0 Å². The van der Waals surface area contributed by atoms with Crippen molar-refractivity contribution in [3.05, 3.63) is 56.3 Å². The maximum Gasteiger partial charge on any atom is 0.332 e. The summed E-state index contributed by atoms with van der Waals surface area (Å²) < 4.78 is 9.12. The molecule has 0 aliphatic rings. The van der Waals surface area contributed by atoms with Crippen LogP contribution in [0.15, 0.2) is 40.1 Å². The van der Waals surface area contributed by atoms with Crippen molar-refractivity contribution in [2.24, 2.45) is 14.1 Å². The molecule has 0 radical (unpaired) electrons. The molecule has 2 heterocycles. The smallest absolute Gasteiger partial charge is 0.332 e. The third-order valence-corrected chi connectivity index (χ3v) is 4.35. The average Bonchev–Trinajstić information content (AvgIpc) is 3.02. The zero-order valence-corrected chi connectivity index (χ0v) is 15.2. The lowest BCUT2D eigenvalue weighted by atomic mass is 10.3. The number of carbonyl (C=O) groups excluding carboxylic acids is 1. The van der Waals surface area contributed by atoms with Crippen LogP contribution in [0.5, 0.6) is 5.75 Å². The molecule has 0 spiro atoms. The van der Waals surface area contributed by atoms with Crippen molar-refractivity contribution in [2.45, 2.75) is 6.54 Å². The number of hydrogen-bond donors (Lipinski definition) is 1. The molecule has 26 heavy (non-hydrogen) atoms. The predicted octanol–water partition coefficient (Wildman–Crippen LogP) is 1.34. The summed E-state index contributed by atoms with van der Waals surface area (Å²) in [7, 11) is 4.46. The van der Waals surface area contributed by atoms with Gasteiger partial charge in [0, 0.05) is 25.3 Å². The fraction of sp³-hybridized carbons (Fsp3) is 0.235. The number of carbonyl (C=O) groups is 1. The second-order valence-corrected chi connectivity index (χ2v) is 6.22. The van der Waals surface area contributed by atoms with E-state index in [1.165, 1.54) is 18.7 Å². The van der Waals surface area contributed by atoms with E-state index in [1.54, 1.807) is 42.1 Å². The molecule has 8 nitrogen and oxygen atoms in total. The second-order valence-electron chi connectivity index (χ2n) is 5.78. The van der Waals surface area contributed by atoms with Gasteiger partial charge >= 0.3 is 5.69 Å². The van der Waals surface area contributed by atoms with Gasteiger partial charge in [0.05, 0.1) is 18.2 Å². The minimum Gasteiger partial charge on any atom is -0.495 e. The second kappa shape index (κ2) is 6.72. The minimum atomic E-state index is -0.459. The van der Waals surface area contributed by atoms with E-state index >= 15 is 0 Å². The van der Waals surface area contributed by atoms with E-state index in [0.717, 1.165) is 4.57 Å². The number of methoxy groups -OCH3 is 1. The Labute approximate surface area is 153 Å². The van der Waals surface area contributed by atoms with E-state index in [-0.39, 0.29) is 12.5 Å². The van der Waals surface area contributed by atoms with Crippen LogP contribution < -0.4 is 21.3 Å². The van der Waals surface area contributed by atoms with Crippen molar-refractivity contribution in [1.82, 2.24) is 13.7 Å². The number of nitrogens with one attached hydrogen (secondary N) is 1. The topological polar surface area (TPSA) is 87.3 Å². The number of halogens is 1. The summed E-state index contributed by atoms with van der Waals surface area (Å²) in [6, 6.07) is 6.47. The van der Waals surface area contributed by atoms with Crippen LogP contribution in [0, 0.1) is 0 Å². The Balaban J connectivity index is 1.95. The number of nitrogens with zero attached hydrogens (tertiary/aromatic N) is 3. The quantitative estimate of drug-likeness (QED) is 0.744. The Kier molecular flexibility index (Phi) is 4.60. The highest BCUT2D eigenvalue weighted by Crippen LogP contribution is 2.27. The summed E-state index contributed by atoms with van der Waals surface area (Å²) in [5, 5.41) is 3.55. The molecule has 2 aromatic heterocycles. The van der Waals surface area contributed by atoms with Gasteiger partial charge in [0.1, 0.15) is 17.9 Å². The highest BCUT2D eigenvalue weighted by atomic mass is 35.5. The Bertz CT molecular complexity index is 1130. The van der Waals surface area contributed by atoms with Crippen LogP contribution >= 0.6 is 11.6 Å². The Morgan fingerprint density at radius 3 is 2.62 bits per heavy atom. The first-order valence-electron chi connectivity index (χ1n) is 7.71. The first-order chi connectivity index (χ1) is 12.3. The fourth-order valence-electron chi connectivity index (χ4n) is 2.84. The summed E-state index contributed by atoms with van der Waals surface area (Å²) in [6.07, 6.45) is 1.60. The van der Waals surface area contributed by atoms with E-state index in [9.17, 15) is 14.4 Å². The van der Waals surface area contributed by atoms with Crippen LogP contribution in [0.2, 0.25) is 5.02 Å². The van der Waals surface area contributed by atoms with Gasteiger partial charge in [0.2, 0.25) is 5.91 Å². The van der Waals surface area contributed by atoms with Crippen molar-refractivity contribution in [1.29, 1.82) is 0 Å². The minimum absolute atomic E-state index is 0.0837. The van der Waals surface area contributed by atoms with Gasteiger partial charge in [-0.1, -0.05) is 11.6 Å². The lowest BCUT2D eigenvalue weighted by molar-refractivity contribution is -0.116. The number of aryl methyl sites for hydroxylation is 1. The predicted molar refractivity (Wildman–Crippen MR) is 99.1 cm³/mol. The summed E-state index contributed by atoms with van der Waals surface area (Å²) in [5.74, 6) is 0.123. The van der Waals surface area contributed by atoms with Gasteiger partial charge in [-0.05, 0) is 24.3 Å². The number of rotatable bonds is 4. The molecule has 0 saturated heterocycles. The number of ether oxygens (including phenoxy) is 1. The molecule has 0 unspecified atom stereocenters. The standard InChI is InChI=1S/C17H17ClN4O4/c1-20-15-11(16(24)21(2)17(20)25)6-7-22(15)9-14(23)19-12-8-10(18)4-5-13(12)26-3/h4-8H,9H2,1-3H3,(H,19,23). The molecule has 0 fully saturated rings. The summed E-state index contributed by atoms with van der Waals surface area (Å²) in [5.41, 5.74) is -0.0456. The summed E-state index contributed by atoms with van der Waals surface area (Å²) >= 11 is 5.96. The van der Waals surface area contributed by atoms with Crippen molar-refractivity contribution in [3.63, 3.8) is 0 Å². The molecular weight excluding hydrogens is 360 g/mol. The molecular formula is C17H17ClN4O4. The lowest BCUT2D eigenvalue weighted by Gasteiger charge is -2.12. The fourth-order valence-corrected chi connectivity index (χ4v) is 3.01. The average molecular weight is 377 g/mol. The molecule has 1 N–H and O–H groups in total. The van der Waals surface area contributed by atoms with Crippen LogP contribution in [-0.4, -0.2) is 26.7 Å². The highest BCUT2D eigenvalue weighted by Gasteiger charge is 2.15. The van der Waals surface area contributed by atoms with Gasteiger partial charge in [-0.15, -0.1) is 0 Å². The number of anilines is 1. The molecule has 136 valence electrons. The largest absolute Gasteiger partial charge is 0.495 e. The van der Waals surface area contributed by atoms with Gasteiger partial charge in [-0.2, -0.15) is 0 Å². The zero-order valence-electron chi connectivity index (χ0n) is 14.4. The zero-order chi connectivity index (χ0) is 19.0. The first-order valence-corrected chi connectivity index (χ1v) is 8.09. The highest BCUT2D eigenvalue weighted by molar-refractivity contribution is 6.31. The van der Waals surface area contributed by atoms with Gasteiger partial charge in [-0.25, -0.2) is 4.79 Å².